The van der Waals surface area contributed by atoms with E-state index in [1.807, 2.05) is 29.2 Å². The fraction of sp³-hybridized carbons (Fsp3) is 0.652. The summed E-state index contributed by atoms with van der Waals surface area (Å²) < 4.78 is 5.22. The summed E-state index contributed by atoms with van der Waals surface area (Å²) in [7, 11) is 1.62. The number of ether oxygens (including phenoxy) is 1. The molecule has 1 saturated heterocycles. The van der Waals surface area contributed by atoms with Crippen molar-refractivity contribution >= 4 is 11.9 Å². The van der Waals surface area contributed by atoms with Crippen molar-refractivity contribution < 1.29 is 19.4 Å². The molecular weight excluding hydrogens is 354 g/mol. The molecule has 5 heteroatoms. The average molecular weight is 383 g/mol. The Kier molecular flexibility index (Phi) is 4.18. The quantitative estimate of drug-likeness (QED) is 0.864. The van der Waals surface area contributed by atoms with Crippen molar-refractivity contribution in [3.63, 3.8) is 0 Å². The number of carbonyl (C=O) groups excluding carboxylic acids is 1. The number of hydrogen-bond donors (Lipinski definition) is 1. The molecule has 4 aliphatic carbocycles. The van der Waals surface area contributed by atoms with Crippen molar-refractivity contribution in [3.8, 4) is 5.75 Å². The molecule has 0 unspecified atom stereocenters. The van der Waals surface area contributed by atoms with Gasteiger partial charge in [0.15, 0.2) is 0 Å². The van der Waals surface area contributed by atoms with Crippen LogP contribution < -0.4 is 4.74 Å². The summed E-state index contributed by atoms with van der Waals surface area (Å²) in [5, 5.41) is 9.82. The van der Waals surface area contributed by atoms with Gasteiger partial charge in [0, 0.05) is 19.0 Å². The van der Waals surface area contributed by atoms with Gasteiger partial charge in [-0.1, -0.05) is 12.1 Å². The highest BCUT2D eigenvalue weighted by Gasteiger charge is 2.56. The molecule has 5 fully saturated rings. The van der Waals surface area contributed by atoms with Crippen molar-refractivity contribution in [2.45, 2.75) is 44.4 Å². The van der Waals surface area contributed by atoms with Crippen LogP contribution in [0.4, 0.5) is 0 Å². The molecule has 1 aliphatic heterocycles. The highest BCUT2D eigenvalue weighted by Crippen LogP contribution is 2.61. The maximum atomic E-state index is 13.7. The van der Waals surface area contributed by atoms with Gasteiger partial charge in [-0.2, -0.15) is 0 Å². The van der Waals surface area contributed by atoms with Crippen LogP contribution in [0.15, 0.2) is 24.3 Å². The zero-order valence-electron chi connectivity index (χ0n) is 16.5. The van der Waals surface area contributed by atoms with Crippen LogP contribution in [0.25, 0.3) is 0 Å². The molecule has 0 radical (unpaired) electrons. The minimum Gasteiger partial charge on any atom is -0.497 e. The van der Waals surface area contributed by atoms with E-state index in [2.05, 4.69) is 0 Å². The summed E-state index contributed by atoms with van der Waals surface area (Å²) in [5.41, 5.74) is 0.779. The molecule has 5 aliphatic rings. The monoisotopic (exact) mass is 383 g/mol. The second kappa shape index (κ2) is 6.50. The number of methoxy groups -OCH3 is 1. The van der Waals surface area contributed by atoms with Crippen molar-refractivity contribution in [2.75, 3.05) is 20.2 Å². The van der Waals surface area contributed by atoms with E-state index in [1.54, 1.807) is 7.11 Å². The van der Waals surface area contributed by atoms with Gasteiger partial charge in [-0.15, -0.1) is 0 Å². The van der Waals surface area contributed by atoms with E-state index in [1.165, 1.54) is 19.3 Å². The normalized spacial score (nSPS) is 38.6. The van der Waals surface area contributed by atoms with Gasteiger partial charge in [-0.25, -0.2) is 0 Å². The maximum absolute atomic E-state index is 13.7. The minimum atomic E-state index is -0.804. The summed E-state index contributed by atoms with van der Waals surface area (Å²) in [6.45, 7) is 0.858. The Bertz CT molecular complexity index is 751. The first-order valence-electron chi connectivity index (χ1n) is 10.6. The van der Waals surface area contributed by atoms with E-state index in [4.69, 9.17) is 4.74 Å². The number of amides is 1. The molecular formula is C23H29NO4. The van der Waals surface area contributed by atoms with Gasteiger partial charge in [-0.05, 0) is 74.0 Å². The predicted molar refractivity (Wildman–Crippen MR) is 104 cm³/mol. The Labute approximate surface area is 166 Å². The van der Waals surface area contributed by atoms with Crippen LogP contribution in [0.1, 0.15) is 50.0 Å². The Balaban J connectivity index is 1.38. The second-order valence-electron chi connectivity index (χ2n) is 9.73. The number of rotatable bonds is 4. The van der Waals surface area contributed by atoms with E-state index in [0.717, 1.165) is 30.6 Å². The van der Waals surface area contributed by atoms with E-state index >= 15 is 0 Å². The van der Waals surface area contributed by atoms with E-state index in [0.29, 0.717) is 30.8 Å². The standard InChI is InChI=1S/C23H29NO4/c1-28-18-4-2-17(3-5-18)19-12-24(13-20(19)21(25)26)22(27)23-9-14-6-15(10-23)8-16(7-14)11-23/h2-5,14-16,19-20H,6-13H2,1H3,(H,25,26)/t14?,15?,16?,19-,20+,23?/m0/s1. The number of carbonyl (C=O) groups is 2. The molecule has 1 heterocycles. The van der Waals surface area contributed by atoms with E-state index in [-0.39, 0.29) is 17.2 Å². The van der Waals surface area contributed by atoms with Gasteiger partial charge in [0.2, 0.25) is 5.91 Å². The highest BCUT2D eigenvalue weighted by atomic mass is 16.5. The van der Waals surface area contributed by atoms with Crippen LogP contribution in [0, 0.1) is 29.1 Å². The molecule has 28 heavy (non-hydrogen) atoms. The molecule has 1 N–H and O–H groups in total. The minimum absolute atomic E-state index is 0.152. The van der Waals surface area contributed by atoms with Crippen molar-refractivity contribution in [2.24, 2.45) is 29.1 Å². The predicted octanol–water partition coefficient (Wildman–Crippen LogP) is 3.54. The fourth-order valence-corrected chi connectivity index (χ4v) is 7.12. The van der Waals surface area contributed by atoms with E-state index < -0.39 is 11.9 Å². The number of nitrogens with zero attached hydrogens (tertiary/aromatic N) is 1. The zero-order valence-corrected chi connectivity index (χ0v) is 16.5. The van der Waals surface area contributed by atoms with Crippen LogP contribution in [0.3, 0.4) is 0 Å². The SMILES string of the molecule is COc1ccc([C@@H]2CN(C(=O)C34CC5CC(CC(C5)C3)C4)C[C@H]2C(=O)O)cc1. The number of carboxylic acid groups (broad SMARTS) is 1. The van der Waals surface area contributed by atoms with Crippen molar-refractivity contribution in [3.05, 3.63) is 29.8 Å². The molecule has 0 spiro atoms. The Morgan fingerprint density at radius 3 is 2.07 bits per heavy atom. The summed E-state index contributed by atoms with van der Waals surface area (Å²) in [6, 6.07) is 7.63. The molecule has 1 aromatic carbocycles. The second-order valence-corrected chi connectivity index (χ2v) is 9.73. The van der Waals surface area contributed by atoms with Crippen molar-refractivity contribution in [1.82, 2.24) is 4.90 Å². The third kappa shape index (κ3) is 2.82. The molecule has 150 valence electrons. The first kappa shape index (κ1) is 18.0. The number of carboxylic acids is 1. The van der Waals surface area contributed by atoms with Gasteiger partial charge >= 0.3 is 5.97 Å². The number of likely N-dealkylation sites (tertiary alicyclic amines) is 1. The molecule has 6 rings (SSSR count). The molecule has 1 amide bonds. The summed E-state index contributed by atoms with van der Waals surface area (Å²) in [4.78, 5) is 27.5. The molecule has 2 atom stereocenters. The van der Waals surface area contributed by atoms with Crippen LogP contribution in [-0.2, 0) is 9.59 Å². The van der Waals surface area contributed by atoms with Gasteiger partial charge in [0.25, 0.3) is 0 Å². The van der Waals surface area contributed by atoms with Crippen LogP contribution in [-0.4, -0.2) is 42.1 Å². The topological polar surface area (TPSA) is 66.8 Å². The van der Waals surface area contributed by atoms with Crippen LogP contribution in [0.5, 0.6) is 5.75 Å². The summed E-state index contributed by atoms with van der Waals surface area (Å²) in [6.07, 6.45) is 6.99. The lowest BCUT2D eigenvalue weighted by Crippen LogP contribution is -2.54. The number of aliphatic carboxylic acids is 1. The summed E-state index contributed by atoms with van der Waals surface area (Å²) in [5.74, 6) is 1.65. The van der Waals surface area contributed by atoms with Gasteiger partial charge in [-0.3, -0.25) is 9.59 Å². The summed E-state index contributed by atoms with van der Waals surface area (Å²) >= 11 is 0. The lowest BCUT2D eigenvalue weighted by molar-refractivity contribution is -0.157. The molecule has 5 nitrogen and oxygen atoms in total. The highest BCUT2D eigenvalue weighted by molar-refractivity contribution is 5.85. The number of hydrogen-bond acceptors (Lipinski definition) is 3. The fourth-order valence-electron chi connectivity index (χ4n) is 7.12. The third-order valence-corrected chi connectivity index (χ3v) is 7.96. The van der Waals surface area contributed by atoms with E-state index in [9.17, 15) is 14.7 Å². The molecule has 4 saturated carbocycles. The Morgan fingerprint density at radius 1 is 1.00 bits per heavy atom. The van der Waals surface area contributed by atoms with Crippen LogP contribution in [0.2, 0.25) is 0 Å². The average Bonchev–Trinajstić information content (AvgIpc) is 3.12. The van der Waals surface area contributed by atoms with Crippen LogP contribution >= 0.6 is 0 Å². The largest absolute Gasteiger partial charge is 0.497 e. The smallest absolute Gasteiger partial charge is 0.308 e. The molecule has 0 aromatic heterocycles. The zero-order chi connectivity index (χ0) is 19.5. The Hall–Kier alpha value is -2.04. The number of benzene rings is 1. The first-order valence-corrected chi connectivity index (χ1v) is 10.6. The third-order valence-electron chi connectivity index (χ3n) is 7.96. The lowest BCUT2D eigenvalue weighted by atomic mass is 9.49. The first-order chi connectivity index (χ1) is 13.5. The lowest BCUT2D eigenvalue weighted by Gasteiger charge is -2.56. The van der Waals surface area contributed by atoms with Gasteiger partial charge in [0.1, 0.15) is 5.75 Å². The van der Waals surface area contributed by atoms with Gasteiger partial charge in [0.05, 0.1) is 18.4 Å². The Morgan fingerprint density at radius 2 is 1.57 bits per heavy atom. The van der Waals surface area contributed by atoms with Gasteiger partial charge < -0.3 is 14.7 Å². The molecule has 1 aromatic rings. The maximum Gasteiger partial charge on any atom is 0.308 e. The van der Waals surface area contributed by atoms with Crippen molar-refractivity contribution in [1.29, 1.82) is 0 Å². The molecule has 4 bridgehead atoms.